The minimum atomic E-state index is 0.527. The Morgan fingerprint density at radius 2 is 1.89 bits per heavy atom. The Kier molecular flexibility index (Phi) is 7.70. The molecule has 2 heteroatoms. The minimum absolute atomic E-state index is 0.527. The Labute approximate surface area is 112 Å². The van der Waals surface area contributed by atoms with Crippen molar-refractivity contribution in [3.05, 3.63) is 35.4 Å². The van der Waals surface area contributed by atoms with E-state index >= 15 is 0 Å². The Bertz CT molecular complexity index is 307. The second kappa shape index (κ2) is 9.12. The van der Waals surface area contributed by atoms with Crippen LogP contribution in [-0.4, -0.2) is 25.8 Å². The van der Waals surface area contributed by atoms with E-state index in [1.54, 1.807) is 0 Å². The van der Waals surface area contributed by atoms with Crippen molar-refractivity contribution in [3.63, 3.8) is 0 Å². The van der Waals surface area contributed by atoms with Gasteiger partial charge in [-0.3, -0.25) is 0 Å². The molecule has 1 atom stereocenters. The van der Waals surface area contributed by atoms with Crippen LogP contribution in [0.25, 0.3) is 0 Å². The monoisotopic (exact) mass is 249 g/mol. The van der Waals surface area contributed by atoms with E-state index in [1.165, 1.54) is 17.5 Å². The highest BCUT2D eigenvalue weighted by molar-refractivity contribution is 5.22. The molecule has 2 nitrogen and oxygen atoms in total. The molecule has 1 rings (SSSR count). The second-order valence-electron chi connectivity index (χ2n) is 4.83. The number of aryl methyl sites for hydroxylation is 1. The van der Waals surface area contributed by atoms with Crippen LogP contribution in [0.4, 0.5) is 0 Å². The van der Waals surface area contributed by atoms with Crippen molar-refractivity contribution in [2.75, 3.05) is 19.8 Å². The quantitative estimate of drug-likeness (QED) is 0.678. The van der Waals surface area contributed by atoms with Crippen molar-refractivity contribution < 1.29 is 4.74 Å². The molecule has 0 spiro atoms. The van der Waals surface area contributed by atoms with Gasteiger partial charge >= 0.3 is 0 Å². The Hall–Kier alpha value is -0.860. The summed E-state index contributed by atoms with van der Waals surface area (Å²) >= 11 is 0. The van der Waals surface area contributed by atoms with Gasteiger partial charge in [0.2, 0.25) is 0 Å². The predicted octanol–water partition coefficient (Wildman–Crippen LogP) is 3.33. The van der Waals surface area contributed by atoms with Crippen molar-refractivity contribution in [2.24, 2.45) is 0 Å². The van der Waals surface area contributed by atoms with Gasteiger partial charge in [-0.1, -0.05) is 36.8 Å². The maximum Gasteiger partial charge on any atom is 0.0480 e. The van der Waals surface area contributed by atoms with Crippen LogP contribution in [0.5, 0.6) is 0 Å². The van der Waals surface area contributed by atoms with Crippen LogP contribution >= 0.6 is 0 Å². The lowest BCUT2D eigenvalue weighted by molar-refractivity contribution is 0.136. The lowest BCUT2D eigenvalue weighted by atomic mass is 10.0. The fourth-order valence-corrected chi connectivity index (χ4v) is 2.00. The molecule has 0 aliphatic carbocycles. The smallest absolute Gasteiger partial charge is 0.0480 e. The third-order valence-corrected chi connectivity index (χ3v) is 3.10. The highest BCUT2D eigenvalue weighted by Crippen LogP contribution is 2.08. The van der Waals surface area contributed by atoms with Gasteiger partial charge in [0.25, 0.3) is 0 Å². The van der Waals surface area contributed by atoms with Crippen LogP contribution in [0.15, 0.2) is 24.3 Å². The molecule has 1 aromatic carbocycles. The summed E-state index contributed by atoms with van der Waals surface area (Å²) in [6, 6.07) is 9.37. The Balaban J connectivity index is 2.45. The molecule has 102 valence electrons. The van der Waals surface area contributed by atoms with Gasteiger partial charge in [0.05, 0.1) is 0 Å². The van der Waals surface area contributed by atoms with Crippen molar-refractivity contribution in [1.82, 2.24) is 5.32 Å². The Morgan fingerprint density at radius 3 is 2.50 bits per heavy atom. The maximum atomic E-state index is 5.46. The van der Waals surface area contributed by atoms with E-state index in [4.69, 9.17) is 4.74 Å². The van der Waals surface area contributed by atoms with Crippen molar-refractivity contribution in [1.29, 1.82) is 0 Å². The summed E-state index contributed by atoms with van der Waals surface area (Å²) in [6.07, 6.45) is 3.36. The molecule has 0 saturated carbocycles. The zero-order valence-electron chi connectivity index (χ0n) is 12.0. The number of nitrogens with one attached hydrogen (secondary N) is 1. The highest BCUT2D eigenvalue weighted by atomic mass is 16.5. The van der Waals surface area contributed by atoms with Gasteiger partial charge in [-0.25, -0.2) is 0 Å². The van der Waals surface area contributed by atoms with Crippen LogP contribution in [0.2, 0.25) is 0 Å². The molecule has 0 heterocycles. The first-order valence-electron chi connectivity index (χ1n) is 7.13. The first-order valence-corrected chi connectivity index (χ1v) is 7.13. The largest absolute Gasteiger partial charge is 0.382 e. The second-order valence-corrected chi connectivity index (χ2v) is 4.83. The number of benzene rings is 1. The van der Waals surface area contributed by atoms with E-state index in [-0.39, 0.29) is 0 Å². The first kappa shape index (κ1) is 15.2. The van der Waals surface area contributed by atoms with Crippen LogP contribution in [0.1, 0.15) is 37.8 Å². The predicted molar refractivity (Wildman–Crippen MR) is 78.1 cm³/mol. The minimum Gasteiger partial charge on any atom is -0.382 e. The van der Waals surface area contributed by atoms with E-state index in [0.29, 0.717) is 6.04 Å². The van der Waals surface area contributed by atoms with Gasteiger partial charge in [-0.05, 0) is 45.2 Å². The molecule has 1 N–H and O–H groups in total. The van der Waals surface area contributed by atoms with Crippen LogP contribution in [0, 0.1) is 6.92 Å². The molecule has 0 aromatic heterocycles. The van der Waals surface area contributed by atoms with E-state index in [2.05, 4.69) is 50.4 Å². The molecular weight excluding hydrogens is 222 g/mol. The third kappa shape index (κ3) is 6.18. The molecule has 0 aliphatic heterocycles. The molecule has 0 bridgehead atoms. The van der Waals surface area contributed by atoms with E-state index in [0.717, 1.165) is 32.6 Å². The fraction of sp³-hybridized carbons (Fsp3) is 0.625. The standard InChI is InChI=1S/C16H27NO/c1-4-11-17-16(10-12-18-5-2)13-15-8-6-14(3)7-9-15/h6-9,16-17H,4-5,10-13H2,1-3H3. The molecule has 0 fully saturated rings. The van der Waals surface area contributed by atoms with Crippen molar-refractivity contribution in [2.45, 2.75) is 46.1 Å². The van der Waals surface area contributed by atoms with Crippen molar-refractivity contribution >= 4 is 0 Å². The van der Waals surface area contributed by atoms with Gasteiger partial charge < -0.3 is 10.1 Å². The van der Waals surface area contributed by atoms with E-state index < -0.39 is 0 Å². The maximum absolute atomic E-state index is 5.46. The average molecular weight is 249 g/mol. The topological polar surface area (TPSA) is 21.3 Å². The van der Waals surface area contributed by atoms with Gasteiger partial charge in [0, 0.05) is 19.3 Å². The van der Waals surface area contributed by atoms with Crippen molar-refractivity contribution in [3.8, 4) is 0 Å². The number of rotatable bonds is 9. The first-order chi connectivity index (χ1) is 8.76. The SMILES string of the molecule is CCCNC(CCOCC)Cc1ccc(C)cc1. The summed E-state index contributed by atoms with van der Waals surface area (Å²) in [5, 5.41) is 3.61. The fourth-order valence-electron chi connectivity index (χ4n) is 2.00. The lowest BCUT2D eigenvalue weighted by Gasteiger charge is -2.18. The summed E-state index contributed by atoms with van der Waals surface area (Å²) in [6.45, 7) is 9.13. The summed E-state index contributed by atoms with van der Waals surface area (Å²) < 4.78 is 5.46. The van der Waals surface area contributed by atoms with Crippen LogP contribution in [0.3, 0.4) is 0 Å². The summed E-state index contributed by atoms with van der Waals surface area (Å²) in [7, 11) is 0. The molecule has 0 radical (unpaired) electrons. The molecule has 1 unspecified atom stereocenters. The lowest BCUT2D eigenvalue weighted by Crippen LogP contribution is -2.33. The summed E-state index contributed by atoms with van der Waals surface area (Å²) in [4.78, 5) is 0. The average Bonchev–Trinajstić information content (AvgIpc) is 2.38. The number of hydrogen-bond acceptors (Lipinski definition) is 2. The zero-order chi connectivity index (χ0) is 13.2. The normalized spacial score (nSPS) is 12.6. The van der Waals surface area contributed by atoms with Gasteiger partial charge in [0.15, 0.2) is 0 Å². The summed E-state index contributed by atoms with van der Waals surface area (Å²) in [5.41, 5.74) is 2.73. The van der Waals surface area contributed by atoms with Crippen LogP contribution in [-0.2, 0) is 11.2 Å². The number of ether oxygens (including phenoxy) is 1. The van der Waals surface area contributed by atoms with Gasteiger partial charge in [-0.2, -0.15) is 0 Å². The Morgan fingerprint density at radius 1 is 1.17 bits per heavy atom. The molecule has 18 heavy (non-hydrogen) atoms. The molecular formula is C16H27NO. The molecule has 0 saturated heterocycles. The highest BCUT2D eigenvalue weighted by Gasteiger charge is 2.08. The summed E-state index contributed by atoms with van der Waals surface area (Å²) in [5.74, 6) is 0. The van der Waals surface area contributed by atoms with Gasteiger partial charge in [0.1, 0.15) is 0 Å². The van der Waals surface area contributed by atoms with Gasteiger partial charge in [-0.15, -0.1) is 0 Å². The molecule has 1 aromatic rings. The van der Waals surface area contributed by atoms with Crippen LogP contribution < -0.4 is 5.32 Å². The zero-order valence-corrected chi connectivity index (χ0v) is 12.0. The van der Waals surface area contributed by atoms with E-state index in [9.17, 15) is 0 Å². The molecule has 0 amide bonds. The molecule has 0 aliphatic rings. The number of hydrogen-bond donors (Lipinski definition) is 1. The van der Waals surface area contributed by atoms with E-state index in [1.807, 2.05) is 0 Å². The third-order valence-electron chi connectivity index (χ3n) is 3.10.